The molecule has 5 aromatic rings. The second kappa shape index (κ2) is 17.1. The van der Waals surface area contributed by atoms with Crippen molar-refractivity contribution in [2.45, 2.75) is 91.0 Å². The summed E-state index contributed by atoms with van der Waals surface area (Å²) in [4.78, 5) is 4.63. The number of azo groups is 2. The molecule has 0 spiro atoms. The predicted octanol–water partition coefficient (Wildman–Crippen LogP) is 13.9. The van der Waals surface area contributed by atoms with Crippen molar-refractivity contribution in [2.75, 3.05) is 11.9 Å². The minimum absolute atomic E-state index is 0.0369. The molecule has 50 heavy (non-hydrogen) atoms. The van der Waals surface area contributed by atoms with Gasteiger partial charge < -0.3 is 10.1 Å². The molecule has 0 aromatic heterocycles. The number of hydrogen-bond acceptors (Lipinski definition) is 7. The molecule has 1 heterocycles. The van der Waals surface area contributed by atoms with E-state index >= 15 is 0 Å². The third kappa shape index (κ3) is 8.27. The number of unbranched alkanes of at least 4 members (excludes halogenated alkanes) is 5. The predicted molar refractivity (Wildman–Crippen MR) is 210 cm³/mol. The Morgan fingerprint density at radius 2 is 1.40 bits per heavy atom. The third-order valence-corrected chi connectivity index (χ3v) is 9.83. The molecule has 0 radical (unpaired) electrons. The molecular formula is C43H50N6O. The van der Waals surface area contributed by atoms with Gasteiger partial charge in [-0.2, -0.15) is 15.3 Å². The van der Waals surface area contributed by atoms with Gasteiger partial charge in [-0.15, -0.1) is 5.11 Å². The van der Waals surface area contributed by atoms with E-state index in [1.165, 1.54) is 54.9 Å². The first-order valence-corrected chi connectivity index (χ1v) is 18.5. The van der Waals surface area contributed by atoms with Gasteiger partial charge >= 0.3 is 0 Å². The maximum atomic E-state index is 5.89. The zero-order valence-electron chi connectivity index (χ0n) is 30.0. The highest BCUT2D eigenvalue weighted by Gasteiger charge is 2.28. The van der Waals surface area contributed by atoms with E-state index in [9.17, 15) is 0 Å². The molecule has 1 aliphatic heterocycles. The van der Waals surface area contributed by atoms with Gasteiger partial charge in [0.2, 0.25) is 0 Å². The average molecular weight is 667 g/mol. The Morgan fingerprint density at radius 3 is 2.16 bits per heavy atom. The largest absolute Gasteiger partial charge is 0.494 e. The van der Waals surface area contributed by atoms with Crippen LogP contribution in [0.15, 0.2) is 116 Å². The third-order valence-electron chi connectivity index (χ3n) is 9.83. The van der Waals surface area contributed by atoms with Crippen LogP contribution in [-0.2, 0) is 0 Å². The van der Waals surface area contributed by atoms with Crippen LogP contribution in [0.2, 0.25) is 0 Å². The fraction of sp³-hybridized carbons (Fsp3) is 0.372. The van der Waals surface area contributed by atoms with Crippen molar-refractivity contribution < 1.29 is 4.74 Å². The first kappa shape index (κ1) is 34.9. The van der Waals surface area contributed by atoms with Crippen LogP contribution in [0.3, 0.4) is 0 Å². The van der Waals surface area contributed by atoms with E-state index in [-0.39, 0.29) is 12.0 Å². The van der Waals surface area contributed by atoms with Crippen molar-refractivity contribution in [2.24, 2.45) is 31.4 Å². The van der Waals surface area contributed by atoms with Gasteiger partial charge in [-0.1, -0.05) is 108 Å². The van der Waals surface area contributed by atoms with E-state index in [1.54, 1.807) is 6.34 Å². The minimum Gasteiger partial charge on any atom is -0.494 e. The Bertz CT molecular complexity index is 1960. The molecule has 0 bridgehead atoms. The standard InChI is InChI=1S/C43H50N6O/c1-5-7-9-13-28-50-33-22-20-32(21-23-33)47-49-39-27-26-38(34-16-11-12-17-35(34)39)48-46-31(4)42(30(3)15-10-8-6-2)37-24-25-41-43-36(37)18-14-19-40(43)44-29-45-41/h11-12,14,16-27,29-31,42H,5-10,13,15,28H2,1-4H3,(H,44,45). The molecular weight excluding hydrogens is 617 g/mol. The van der Waals surface area contributed by atoms with E-state index in [4.69, 9.17) is 15.0 Å². The van der Waals surface area contributed by atoms with Gasteiger partial charge in [0.25, 0.3) is 0 Å². The van der Waals surface area contributed by atoms with Gasteiger partial charge in [-0.3, -0.25) is 0 Å². The second-order valence-corrected chi connectivity index (χ2v) is 13.5. The van der Waals surface area contributed by atoms with Crippen LogP contribution in [0, 0.1) is 5.92 Å². The van der Waals surface area contributed by atoms with Gasteiger partial charge in [0.05, 0.1) is 41.7 Å². The quantitative estimate of drug-likeness (QED) is 0.0791. The van der Waals surface area contributed by atoms with Crippen LogP contribution >= 0.6 is 0 Å². The molecule has 258 valence electrons. The number of benzene rings is 5. The topological polar surface area (TPSA) is 83.1 Å². The number of hydrogen-bond donors (Lipinski definition) is 1. The van der Waals surface area contributed by atoms with E-state index in [0.29, 0.717) is 5.92 Å². The summed E-state index contributed by atoms with van der Waals surface area (Å²) in [5.41, 5.74) is 5.83. The Hall–Kier alpha value is -4.91. The Balaban J connectivity index is 1.24. The summed E-state index contributed by atoms with van der Waals surface area (Å²) in [7, 11) is 0. The Kier molecular flexibility index (Phi) is 12.0. The number of nitrogens with one attached hydrogen (secondary N) is 1. The van der Waals surface area contributed by atoms with E-state index < -0.39 is 0 Å². The lowest BCUT2D eigenvalue weighted by atomic mass is 9.78. The molecule has 3 unspecified atom stereocenters. The first-order valence-electron chi connectivity index (χ1n) is 18.5. The number of fused-ring (bicyclic) bond motifs is 1. The smallest absolute Gasteiger partial charge is 0.119 e. The van der Waals surface area contributed by atoms with Crippen LogP contribution in [-0.4, -0.2) is 19.0 Å². The Labute approximate surface area is 297 Å². The summed E-state index contributed by atoms with van der Waals surface area (Å²) in [6, 6.07) is 30.9. The number of nitrogens with zero attached hydrogens (tertiary/aromatic N) is 5. The molecule has 3 atom stereocenters. The van der Waals surface area contributed by atoms with Crippen molar-refractivity contribution in [3.63, 3.8) is 0 Å². The summed E-state index contributed by atoms with van der Waals surface area (Å²) >= 11 is 0. The average Bonchev–Trinajstić information content (AvgIpc) is 3.15. The molecule has 6 rings (SSSR count). The highest BCUT2D eigenvalue weighted by Crippen LogP contribution is 2.43. The number of anilines is 1. The zero-order valence-corrected chi connectivity index (χ0v) is 30.0. The van der Waals surface area contributed by atoms with E-state index in [1.807, 2.05) is 48.5 Å². The molecule has 0 fully saturated rings. The first-order chi connectivity index (χ1) is 24.6. The number of aliphatic imine (C=N–C) groups is 1. The lowest BCUT2D eigenvalue weighted by Gasteiger charge is -2.29. The molecule has 0 aliphatic carbocycles. The molecule has 7 heteroatoms. The number of rotatable bonds is 17. The molecule has 0 amide bonds. The summed E-state index contributed by atoms with van der Waals surface area (Å²) in [5, 5.41) is 26.9. The van der Waals surface area contributed by atoms with Crippen molar-refractivity contribution in [1.82, 2.24) is 0 Å². The normalized spacial score (nSPS) is 14.4. The van der Waals surface area contributed by atoms with Crippen molar-refractivity contribution in [3.8, 4) is 5.75 Å². The minimum atomic E-state index is -0.0369. The maximum absolute atomic E-state index is 5.89. The van der Waals surface area contributed by atoms with Crippen LogP contribution in [0.4, 0.5) is 28.4 Å². The molecule has 0 saturated carbocycles. The van der Waals surface area contributed by atoms with Crippen LogP contribution in [0.5, 0.6) is 5.75 Å². The lowest BCUT2D eigenvalue weighted by Crippen LogP contribution is -2.21. The van der Waals surface area contributed by atoms with Crippen molar-refractivity contribution in [3.05, 3.63) is 96.6 Å². The molecule has 7 nitrogen and oxygen atoms in total. The van der Waals surface area contributed by atoms with E-state index in [0.717, 1.165) is 64.4 Å². The number of ether oxygens (including phenoxy) is 1. The monoisotopic (exact) mass is 666 g/mol. The maximum Gasteiger partial charge on any atom is 0.119 e. The SMILES string of the molecule is CCCCCCOc1ccc(N=Nc2ccc(N=NC(C)C(c3ccc4c5c(cccc35)NC=N4)C(C)CCCCC)c3ccccc23)cc1. The van der Waals surface area contributed by atoms with Crippen molar-refractivity contribution in [1.29, 1.82) is 0 Å². The van der Waals surface area contributed by atoms with Crippen LogP contribution in [0.1, 0.15) is 90.5 Å². The summed E-state index contributed by atoms with van der Waals surface area (Å²) in [6.45, 7) is 9.81. The fourth-order valence-corrected chi connectivity index (χ4v) is 7.14. The van der Waals surface area contributed by atoms with E-state index in [2.05, 4.69) is 90.7 Å². The zero-order chi connectivity index (χ0) is 34.7. The van der Waals surface area contributed by atoms with Crippen molar-refractivity contribution >= 4 is 56.3 Å². The highest BCUT2D eigenvalue weighted by molar-refractivity contribution is 6.09. The lowest BCUT2D eigenvalue weighted by molar-refractivity contribution is 0.305. The van der Waals surface area contributed by atoms with Gasteiger partial charge in [-0.05, 0) is 78.7 Å². The van der Waals surface area contributed by atoms with Gasteiger partial charge in [0.15, 0.2) is 0 Å². The summed E-state index contributed by atoms with van der Waals surface area (Å²) in [6.07, 6.45) is 11.3. The van der Waals surface area contributed by atoms with Crippen LogP contribution < -0.4 is 10.1 Å². The van der Waals surface area contributed by atoms with Gasteiger partial charge in [0.1, 0.15) is 5.75 Å². The molecule has 5 aromatic carbocycles. The summed E-state index contributed by atoms with van der Waals surface area (Å²) < 4.78 is 5.89. The molecule has 1 N–H and O–H groups in total. The highest BCUT2D eigenvalue weighted by atomic mass is 16.5. The Morgan fingerprint density at radius 1 is 0.680 bits per heavy atom. The fourth-order valence-electron chi connectivity index (χ4n) is 7.14. The summed E-state index contributed by atoms with van der Waals surface area (Å²) in [5.74, 6) is 1.49. The molecule has 1 aliphatic rings. The van der Waals surface area contributed by atoms with Crippen LogP contribution in [0.25, 0.3) is 21.5 Å². The van der Waals surface area contributed by atoms with Gasteiger partial charge in [-0.25, -0.2) is 4.99 Å². The molecule has 0 saturated heterocycles. The van der Waals surface area contributed by atoms with Gasteiger partial charge in [0, 0.05) is 27.8 Å². The second-order valence-electron chi connectivity index (χ2n) is 13.5.